The van der Waals surface area contributed by atoms with Gasteiger partial charge in [0.05, 0.1) is 11.1 Å². The van der Waals surface area contributed by atoms with Gasteiger partial charge in [-0.1, -0.05) is 25.3 Å². The second-order valence-corrected chi connectivity index (χ2v) is 8.28. The third-order valence-corrected chi connectivity index (χ3v) is 6.43. The van der Waals surface area contributed by atoms with Crippen molar-refractivity contribution in [3.8, 4) is 23.0 Å². The molecule has 0 spiro atoms. The van der Waals surface area contributed by atoms with Crippen molar-refractivity contribution in [3.05, 3.63) is 52.8 Å². The Morgan fingerprint density at radius 2 is 1.77 bits per heavy atom. The van der Waals surface area contributed by atoms with Crippen LogP contribution in [0.4, 0.5) is 0 Å². The molecule has 4 aliphatic rings. The first kappa shape index (κ1) is 17.8. The van der Waals surface area contributed by atoms with Crippen molar-refractivity contribution >= 4 is 11.9 Å². The van der Waals surface area contributed by atoms with Gasteiger partial charge in [-0.15, -0.1) is 0 Å². The van der Waals surface area contributed by atoms with Crippen molar-refractivity contribution in [2.45, 2.75) is 44.7 Å². The summed E-state index contributed by atoms with van der Waals surface area (Å²) in [7, 11) is 0. The van der Waals surface area contributed by atoms with Crippen LogP contribution in [0.25, 0.3) is 6.08 Å². The fraction of sp³-hybridized carbons (Fsp3) is 0.375. The Labute approximate surface area is 175 Å². The average Bonchev–Trinajstić information content (AvgIpc) is 3.38. The van der Waals surface area contributed by atoms with E-state index in [0.29, 0.717) is 41.3 Å². The van der Waals surface area contributed by atoms with Crippen LogP contribution in [0, 0.1) is 0 Å². The maximum atomic E-state index is 13.0. The smallest absolute Gasteiger partial charge is 0.231 e. The number of rotatable bonds is 2. The van der Waals surface area contributed by atoms with Gasteiger partial charge in [0.15, 0.2) is 17.3 Å². The zero-order valence-corrected chi connectivity index (χ0v) is 16.7. The summed E-state index contributed by atoms with van der Waals surface area (Å²) in [5.74, 6) is 3.09. The van der Waals surface area contributed by atoms with Crippen molar-refractivity contribution in [2.75, 3.05) is 13.5 Å². The van der Waals surface area contributed by atoms with E-state index in [1.54, 1.807) is 6.08 Å². The largest absolute Gasteiger partial charge is 0.478 e. The minimum absolute atomic E-state index is 0.0970. The predicted molar refractivity (Wildman–Crippen MR) is 110 cm³/mol. The Bertz CT molecular complexity index is 1050. The van der Waals surface area contributed by atoms with E-state index in [-0.39, 0.29) is 12.6 Å². The summed E-state index contributed by atoms with van der Waals surface area (Å²) in [6.07, 6.45) is 8.06. The summed E-state index contributed by atoms with van der Waals surface area (Å²) in [6, 6.07) is 9.86. The molecule has 0 atom stereocenters. The van der Waals surface area contributed by atoms with Gasteiger partial charge in [-0.25, -0.2) is 0 Å². The minimum Gasteiger partial charge on any atom is -0.478 e. The summed E-state index contributed by atoms with van der Waals surface area (Å²) in [5.41, 5.74) is 2.42. The quantitative estimate of drug-likeness (QED) is 0.685. The first-order chi connectivity index (χ1) is 14.8. The van der Waals surface area contributed by atoms with E-state index in [2.05, 4.69) is 4.90 Å². The molecule has 30 heavy (non-hydrogen) atoms. The third kappa shape index (κ3) is 2.94. The highest BCUT2D eigenvalue weighted by Gasteiger charge is 2.35. The van der Waals surface area contributed by atoms with E-state index < -0.39 is 0 Å². The van der Waals surface area contributed by atoms with Gasteiger partial charge < -0.3 is 18.9 Å². The lowest BCUT2D eigenvalue weighted by molar-refractivity contribution is 0.0394. The maximum Gasteiger partial charge on any atom is 0.231 e. The van der Waals surface area contributed by atoms with Crippen LogP contribution in [-0.2, 0) is 6.54 Å². The number of hydrogen-bond acceptors (Lipinski definition) is 6. The molecule has 0 aromatic heterocycles. The first-order valence-corrected chi connectivity index (χ1v) is 10.6. The molecule has 154 valence electrons. The molecule has 0 saturated heterocycles. The van der Waals surface area contributed by atoms with Gasteiger partial charge in [-0.2, -0.15) is 0 Å². The molecular formula is C24H23NO5. The topological polar surface area (TPSA) is 57.2 Å². The van der Waals surface area contributed by atoms with E-state index in [4.69, 9.17) is 18.9 Å². The maximum absolute atomic E-state index is 13.0. The summed E-state index contributed by atoms with van der Waals surface area (Å²) in [4.78, 5) is 15.4. The Balaban J connectivity index is 1.30. The minimum atomic E-state index is -0.0970. The summed E-state index contributed by atoms with van der Waals surface area (Å²) < 4.78 is 22.9. The van der Waals surface area contributed by atoms with Crippen LogP contribution >= 0.6 is 0 Å². The molecule has 3 aliphatic heterocycles. The standard InChI is InChI=1S/C24H23NO5/c26-23-17-7-9-19-18(12-25(13-27-19)16-4-2-1-3-5-16)24(17)30-22(23)11-15-6-8-20-21(10-15)29-14-28-20/h6-11,16H,1-5,12-14H2/b22-11-. The lowest BCUT2D eigenvalue weighted by Gasteiger charge is -2.37. The monoisotopic (exact) mass is 405 g/mol. The van der Waals surface area contributed by atoms with Gasteiger partial charge in [0.25, 0.3) is 0 Å². The molecule has 0 unspecified atom stereocenters. The van der Waals surface area contributed by atoms with Gasteiger partial charge in [0.2, 0.25) is 12.6 Å². The summed E-state index contributed by atoms with van der Waals surface area (Å²) in [5, 5.41) is 0. The molecule has 1 saturated carbocycles. The van der Waals surface area contributed by atoms with Crippen molar-refractivity contribution in [1.82, 2.24) is 4.90 Å². The van der Waals surface area contributed by atoms with Gasteiger partial charge >= 0.3 is 0 Å². The number of Topliss-reactive ketones (excluding diaryl/α,β-unsaturated/α-hetero) is 1. The third-order valence-electron chi connectivity index (χ3n) is 6.43. The van der Waals surface area contributed by atoms with Gasteiger partial charge in [0, 0.05) is 12.6 Å². The highest BCUT2D eigenvalue weighted by molar-refractivity contribution is 6.15. The molecule has 2 aromatic rings. The van der Waals surface area contributed by atoms with Crippen LogP contribution in [0.2, 0.25) is 0 Å². The molecule has 2 aromatic carbocycles. The van der Waals surface area contributed by atoms with E-state index in [1.807, 2.05) is 30.3 Å². The number of benzene rings is 2. The number of allylic oxidation sites excluding steroid dienone is 1. The number of hydrogen-bond donors (Lipinski definition) is 0. The van der Waals surface area contributed by atoms with Crippen molar-refractivity contribution < 1.29 is 23.7 Å². The number of ketones is 1. The molecule has 6 nitrogen and oxygen atoms in total. The molecule has 1 aliphatic carbocycles. The lowest BCUT2D eigenvalue weighted by Crippen LogP contribution is -2.41. The van der Waals surface area contributed by atoms with Gasteiger partial charge in [0.1, 0.15) is 18.2 Å². The molecule has 0 amide bonds. The second kappa shape index (κ2) is 7.06. The molecule has 6 rings (SSSR count). The Morgan fingerprint density at radius 3 is 2.67 bits per heavy atom. The van der Waals surface area contributed by atoms with Crippen molar-refractivity contribution in [1.29, 1.82) is 0 Å². The number of carbonyl (C=O) groups is 1. The SMILES string of the molecule is O=C1/C(=C/c2ccc3c(c2)OCO3)Oc2c1ccc1c2CN(C2CCCCC2)CO1. The first-order valence-electron chi connectivity index (χ1n) is 10.6. The molecular weight excluding hydrogens is 382 g/mol. The normalized spacial score (nSPS) is 21.9. The van der Waals surface area contributed by atoms with Crippen LogP contribution in [0.15, 0.2) is 36.1 Å². The van der Waals surface area contributed by atoms with Crippen molar-refractivity contribution in [2.24, 2.45) is 0 Å². The van der Waals surface area contributed by atoms with E-state index in [1.165, 1.54) is 32.1 Å². The molecule has 0 N–H and O–H groups in total. The molecule has 0 radical (unpaired) electrons. The molecule has 3 heterocycles. The van der Waals surface area contributed by atoms with Crippen LogP contribution in [0.5, 0.6) is 23.0 Å². The number of ether oxygens (including phenoxy) is 4. The second-order valence-electron chi connectivity index (χ2n) is 8.28. The summed E-state index contributed by atoms with van der Waals surface area (Å²) >= 11 is 0. The highest BCUT2D eigenvalue weighted by Crippen LogP contribution is 2.43. The summed E-state index contributed by atoms with van der Waals surface area (Å²) in [6.45, 7) is 1.58. The molecule has 1 fully saturated rings. The Morgan fingerprint density at radius 1 is 0.933 bits per heavy atom. The zero-order valence-electron chi connectivity index (χ0n) is 16.7. The Kier molecular flexibility index (Phi) is 4.20. The predicted octanol–water partition coefficient (Wildman–Crippen LogP) is 4.52. The van der Waals surface area contributed by atoms with Crippen LogP contribution < -0.4 is 18.9 Å². The van der Waals surface area contributed by atoms with Crippen LogP contribution in [-0.4, -0.2) is 30.2 Å². The fourth-order valence-electron chi connectivity index (χ4n) is 4.81. The lowest BCUT2D eigenvalue weighted by atomic mass is 9.93. The van der Waals surface area contributed by atoms with Gasteiger partial charge in [-0.3, -0.25) is 9.69 Å². The van der Waals surface area contributed by atoms with E-state index >= 15 is 0 Å². The van der Waals surface area contributed by atoms with E-state index in [0.717, 1.165) is 23.4 Å². The number of fused-ring (bicyclic) bond motifs is 4. The molecule has 0 bridgehead atoms. The van der Waals surface area contributed by atoms with Crippen LogP contribution in [0.1, 0.15) is 53.6 Å². The number of carbonyl (C=O) groups excluding carboxylic acids is 1. The van der Waals surface area contributed by atoms with Crippen molar-refractivity contribution in [3.63, 3.8) is 0 Å². The average molecular weight is 405 g/mol. The molecule has 6 heteroatoms. The fourth-order valence-corrected chi connectivity index (χ4v) is 4.81. The van der Waals surface area contributed by atoms with Crippen LogP contribution in [0.3, 0.4) is 0 Å². The van der Waals surface area contributed by atoms with E-state index in [9.17, 15) is 4.79 Å². The Hall–Kier alpha value is -2.99. The van der Waals surface area contributed by atoms with Gasteiger partial charge in [-0.05, 0) is 48.7 Å². The number of nitrogens with zero attached hydrogens (tertiary/aromatic N) is 1. The zero-order chi connectivity index (χ0) is 20.1. The highest BCUT2D eigenvalue weighted by atomic mass is 16.7.